The van der Waals surface area contributed by atoms with Crippen LogP contribution in [0.2, 0.25) is 0 Å². The van der Waals surface area contributed by atoms with Gasteiger partial charge in [-0.1, -0.05) is 18.2 Å². The molecule has 0 saturated heterocycles. The maximum atomic E-state index is 10.8. The zero-order valence-corrected chi connectivity index (χ0v) is 9.28. The van der Waals surface area contributed by atoms with E-state index >= 15 is 0 Å². The quantitative estimate of drug-likeness (QED) is 0.812. The maximum Gasteiger partial charge on any atom is 0.219 e. The summed E-state index contributed by atoms with van der Waals surface area (Å²) in [5.74, 6) is -0.412. The Bertz CT molecular complexity index is 506. The molecule has 1 heterocycles. The maximum absolute atomic E-state index is 10.8. The highest BCUT2D eigenvalue weighted by Gasteiger charge is 2.11. The van der Waals surface area contributed by atoms with Crippen LogP contribution in [0.1, 0.15) is 18.0 Å². The zero-order chi connectivity index (χ0) is 12.3. The molecule has 2 aromatic rings. The predicted octanol–water partition coefficient (Wildman–Crippen LogP) is 0.747. The molecule has 1 aromatic heterocycles. The summed E-state index contributed by atoms with van der Waals surface area (Å²) in [4.78, 5) is 10.8. The summed E-state index contributed by atoms with van der Waals surface area (Å²) < 4.78 is 1.72. The number of hydrogen-bond donors (Lipinski definition) is 2. The minimum absolute atomic E-state index is 0.125. The van der Waals surface area contributed by atoms with Gasteiger partial charge in [0, 0.05) is 24.2 Å². The molecule has 17 heavy (non-hydrogen) atoms. The first-order chi connectivity index (χ1) is 8.16. The van der Waals surface area contributed by atoms with E-state index in [2.05, 4.69) is 5.10 Å². The Labute approximate surface area is 99.0 Å². The lowest BCUT2D eigenvalue weighted by Crippen LogP contribution is -2.20. The second kappa shape index (κ2) is 4.80. The molecule has 0 unspecified atom stereocenters. The number of hydrogen-bond acceptors (Lipinski definition) is 3. The monoisotopic (exact) mass is 230 g/mol. The molecule has 0 fully saturated rings. The summed E-state index contributed by atoms with van der Waals surface area (Å²) >= 11 is 0. The average molecular weight is 230 g/mol. The lowest BCUT2D eigenvalue weighted by molar-refractivity contribution is -0.118. The topological polar surface area (TPSA) is 86.9 Å². The smallest absolute Gasteiger partial charge is 0.219 e. The summed E-state index contributed by atoms with van der Waals surface area (Å²) in [6.07, 6.45) is 3.59. The van der Waals surface area contributed by atoms with Crippen molar-refractivity contribution in [3.8, 4) is 5.69 Å². The molecule has 4 N–H and O–H groups in total. The van der Waals surface area contributed by atoms with Gasteiger partial charge in [-0.05, 0) is 12.1 Å². The van der Waals surface area contributed by atoms with Crippen molar-refractivity contribution in [1.29, 1.82) is 0 Å². The fourth-order valence-electron chi connectivity index (χ4n) is 1.58. The largest absolute Gasteiger partial charge is 0.370 e. The number of carbonyl (C=O) groups excluding carboxylic acids is 1. The van der Waals surface area contributed by atoms with Crippen LogP contribution in [0.5, 0.6) is 0 Å². The van der Waals surface area contributed by atoms with Crippen LogP contribution >= 0.6 is 0 Å². The first-order valence-corrected chi connectivity index (χ1v) is 5.30. The van der Waals surface area contributed by atoms with Crippen molar-refractivity contribution in [2.45, 2.75) is 12.5 Å². The molecular weight excluding hydrogens is 216 g/mol. The molecule has 0 bridgehead atoms. The Morgan fingerprint density at radius 1 is 1.35 bits per heavy atom. The van der Waals surface area contributed by atoms with Gasteiger partial charge in [0.05, 0.1) is 11.9 Å². The highest BCUT2D eigenvalue weighted by atomic mass is 16.1. The zero-order valence-electron chi connectivity index (χ0n) is 9.28. The van der Waals surface area contributed by atoms with Gasteiger partial charge in [-0.2, -0.15) is 5.10 Å². The van der Waals surface area contributed by atoms with E-state index in [1.165, 1.54) is 0 Å². The van der Waals surface area contributed by atoms with Crippen LogP contribution in [0.25, 0.3) is 5.69 Å². The number of para-hydroxylation sites is 1. The lowest BCUT2D eigenvalue weighted by atomic mass is 10.1. The molecule has 0 aliphatic rings. The van der Waals surface area contributed by atoms with E-state index in [1.807, 2.05) is 36.5 Å². The minimum Gasteiger partial charge on any atom is -0.370 e. The van der Waals surface area contributed by atoms with E-state index < -0.39 is 11.9 Å². The Morgan fingerprint density at radius 3 is 2.71 bits per heavy atom. The van der Waals surface area contributed by atoms with Crippen LogP contribution in [0.15, 0.2) is 42.7 Å². The van der Waals surface area contributed by atoms with Gasteiger partial charge < -0.3 is 11.5 Å². The van der Waals surface area contributed by atoms with Crippen LogP contribution in [0.3, 0.4) is 0 Å². The molecule has 5 nitrogen and oxygen atoms in total. The molecule has 0 aliphatic heterocycles. The van der Waals surface area contributed by atoms with Crippen molar-refractivity contribution in [2.24, 2.45) is 11.5 Å². The van der Waals surface area contributed by atoms with Crippen molar-refractivity contribution in [3.05, 3.63) is 48.3 Å². The van der Waals surface area contributed by atoms with Gasteiger partial charge in [-0.15, -0.1) is 0 Å². The molecule has 0 aliphatic carbocycles. The first-order valence-electron chi connectivity index (χ1n) is 5.30. The summed E-state index contributed by atoms with van der Waals surface area (Å²) in [5, 5.41) is 4.20. The van der Waals surface area contributed by atoms with E-state index in [9.17, 15) is 4.79 Å². The van der Waals surface area contributed by atoms with E-state index in [-0.39, 0.29) is 6.42 Å². The summed E-state index contributed by atoms with van der Waals surface area (Å²) in [6, 6.07) is 9.28. The Hall–Kier alpha value is -2.14. The molecule has 0 spiro atoms. The van der Waals surface area contributed by atoms with Gasteiger partial charge in [-0.25, -0.2) is 4.68 Å². The Balaban J connectivity index is 2.19. The first kappa shape index (κ1) is 11.3. The molecule has 0 radical (unpaired) electrons. The summed E-state index contributed by atoms with van der Waals surface area (Å²) in [5.41, 5.74) is 12.7. The third kappa shape index (κ3) is 2.70. The second-order valence-corrected chi connectivity index (χ2v) is 3.83. The number of nitrogens with two attached hydrogens (primary N) is 2. The van der Waals surface area contributed by atoms with Gasteiger partial charge >= 0.3 is 0 Å². The molecular formula is C12H14N4O. The molecule has 5 heteroatoms. The normalized spacial score (nSPS) is 12.3. The highest BCUT2D eigenvalue weighted by Crippen LogP contribution is 2.15. The van der Waals surface area contributed by atoms with Crippen molar-refractivity contribution in [2.75, 3.05) is 0 Å². The van der Waals surface area contributed by atoms with E-state index in [1.54, 1.807) is 10.9 Å². The lowest BCUT2D eigenvalue weighted by Gasteiger charge is -2.05. The van der Waals surface area contributed by atoms with E-state index in [0.717, 1.165) is 11.3 Å². The van der Waals surface area contributed by atoms with Crippen molar-refractivity contribution in [3.63, 3.8) is 0 Å². The molecule has 0 saturated carbocycles. The van der Waals surface area contributed by atoms with Gasteiger partial charge in [0.25, 0.3) is 0 Å². The van der Waals surface area contributed by atoms with Crippen LogP contribution in [0, 0.1) is 0 Å². The molecule has 2 rings (SSSR count). The number of carbonyl (C=O) groups is 1. The van der Waals surface area contributed by atoms with Gasteiger partial charge in [-0.3, -0.25) is 4.79 Å². The molecule has 1 atom stereocenters. The SMILES string of the molecule is NC(=O)C[C@H](N)c1cnn(-c2ccccc2)c1. The average Bonchev–Trinajstić information content (AvgIpc) is 2.78. The number of aromatic nitrogens is 2. The van der Waals surface area contributed by atoms with Gasteiger partial charge in [0.2, 0.25) is 5.91 Å². The van der Waals surface area contributed by atoms with E-state index in [0.29, 0.717) is 0 Å². The van der Waals surface area contributed by atoms with Gasteiger partial charge in [0.1, 0.15) is 0 Å². The van der Waals surface area contributed by atoms with Crippen LogP contribution in [0.4, 0.5) is 0 Å². The Kier molecular flexibility index (Phi) is 3.20. The second-order valence-electron chi connectivity index (χ2n) is 3.83. The van der Waals surface area contributed by atoms with E-state index in [4.69, 9.17) is 11.5 Å². The van der Waals surface area contributed by atoms with Crippen LogP contribution < -0.4 is 11.5 Å². The third-order valence-corrected chi connectivity index (χ3v) is 2.47. The fourth-order valence-corrected chi connectivity index (χ4v) is 1.58. The van der Waals surface area contributed by atoms with Gasteiger partial charge in [0.15, 0.2) is 0 Å². The minimum atomic E-state index is -0.412. The number of primary amides is 1. The number of amides is 1. The number of benzene rings is 1. The summed E-state index contributed by atoms with van der Waals surface area (Å²) in [6.45, 7) is 0. The molecule has 88 valence electrons. The highest BCUT2D eigenvalue weighted by molar-refractivity contribution is 5.74. The third-order valence-electron chi connectivity index (χ3n) is 2.47. The summed E-state index contributed by atoms with van der Waals surface area (Å²) in [7, 11) is 0. The van der Waals surface area contributed by atoms with Crippen LogP contribution in [-0.4, -0.2) is 15.7 Å². The Morgan fingerprint density at radius 2 is 2.06 bits per heavy atom. The molecule has 1 aromatic carbocycles. The van der Waals surface area contributed by atoms with Crippen molar-refractivity contribution < 1.29 is 4.79 Å². The van der Waals surface area contributed by atoms with Crippen molar-refractivity contribution >= 4 is 5.91 Å². The standard InChI is InChI=1S/C12H14N4O/c13-11(6-12(14)17)9-7-15-16(8-9)10-4-2-1-3-5-10/h1-5,7-8,11H,6,13H2,(H2,14,17)/t11-/m0/s1. The van der Waals surface area contributed by atoms with Crippen molar-refractivity contribution in [1.82, 2.24) is 9.78 Å². The predicted molar refractivity (Wildman–Crippen MR) is 64.3 cm³/mol. The fraction of sp³-hybridized carbons (Fsp3) is 0.167. The number of nitrogens with zero attached hydrogens (tertiary/aromatic N) is 2. The van der Waals surface area contributed by atoms with Crippen LogP contribution in [-0.2, 0) is 4.79 Å². The molecule has 1 amide bonds. The number of rotatable bonds is 4.